The van der Waals surface area contributed by atoms with Gasteiger partial charge in [-0.25, -0.2) is 0 Å². The number of β-lactam (4-membered cyclic amide) rings is 1. The van der Waals surface area contributed by atoms with Crippen LogP contribution in [0.5, 0.6) is 0 Å². The maximum atomic E-state index is 13.3. The van der Waals surface area contributed by atoms with Crippen molar-refractivity contribution in [3.8, 4) is 0 Å². The Labute approximate surface area is 207 Å². The Balaban J connectivity index is 1.89. The van der Waals surface area contributed by atoms with E-state index in [9.17, 15) is 29.1 Å². The molecule has 3 heterocycles. The summed E-state index contributed by atoms with van der Waals surface area (Å²) in [5.41, 5.74) is 10.0. The van der Waals surface area contributed by atoms with Crippen molar-refractivity contribution in [1.82, 2.24) is 20.9 Å². The molecule has 4 atom stereocenters. The molecule has 4 amide bonds. The fraction of sp³-hybridized carbons (Fsp3) is 0.478. The number of hydrogen-bond donors (Lipinski definition) is 6. The van der Waals surface area contributed by atoms with Crippen molar-refractivity contribution >= 4 is 35.6 Å². The van der Waals surface area contributed by atoms with Gasteiger partial charge in [0.15, 0.2) is 5.96 Å². The van der Waals surface area contributed by atoms with E-state index in [0.29, 0.717) is 6.42 Å². The number of carbonyl (C=O) groups is 5. The number of aliphatic carboxylic acids is 1. The molecular formula is C23H31N7O6. The fourth-order valence-corrected chi connectivity index (χ4v) is 4.33. The Bertz CT molecular complexity index is 1060. The van der Waals surface area contributed by atoms with Gasteiger partial charge in [-0.05, 0) is 25.3 Å². The molecule has 0 aliphatic carbocycles. The van der Waals surface area contributed by atoms with Crippen LogP contribution in [-0.2, 0) is 30.4 Å². The highest BCUT2D eigenvalue weighted by molar-refractivity contribution is 6.03. The molecule has 36 heavy (non-hydrogen) atoms. The van der Waals surface area contributed by atoms with Crippen molar-refractivity contribution in [2.45, 2.75) is 56.3 Å². The second-order valence-corrected chi connectivity index (χ2v) is 9.01. The van der Waals surface area contributed by atoms with Crippen LogP contribution in [0.3, 0.4) is 0 Å². The molecule has 1 aromatic rings. The summed E-state index contributed by atoms with van der Waals surface area (Å²) in [5.74, 6) is -3.98. The van der Waals surface area contributed by atoms with Crippen LogP contribution in [0.1, 0.15) is 31.7 Å². The molecule has 13 heteroatoms. The molecule has 0 unspecified atom stereocenters. The highest BCUT2D eigenvalue weighted by atomic mass is 16.4. The number of benzene rings is 1. The number of guanidine groups is 1. The van der Waals surface area contributed by atoms with Crippen LogP contribution < -0.4 is 27.4 Å². The van der Waals surface area contributed by atoms with Crippen LogP contribution in [0.2, 0.25) is 0 Å². The van der Waals surface area contributed by atoms with Crippen molar-refractivity contribution in [3.05, 3.63) is 35.9 Å². The quantitative estimate of drug-likeness (QED) is 0.0757. The fourth-order valence-electron chi connectivity index (χ4n) is 4.33. The van der Waals surface area contributed by atoms with E-state index in [-0.39, 0.29) is 31.9 Å². The number of rotatable bonds is 8. The zero-order valence-corrected chi connectivity index (χ0v) is 19.9. The SMILES string of the molecule is C[C@H]1C(=O)N[C@@H](CCCN=C(N)N)C(=O)N[C@@H](CC(=O)O)C(=O)N[C@@]2(Cc3ccccc3)CN1C2=O. The molecule has 0 saturated carbocycles. The molecule has 3 aliphatic rings. The van der Waals surface area contributed by atoms with Gasteiger partial charge >= 0.3 is 5.97 Å². The van der Waals surface area contributed by atoms with Crippen LogP contribution in [0.15, 0.2) is 35.3 Å². The van der Waals surface area contributed by atoms with E-state index < -0.39 is 59.7 Å². The molecule has 3 aliphatic heterocycles. The number of carboxylic acid groups (broad SMARTS) is 1. The summed E-state index contributed by atoms with van der Waals surface area (Å²) >= 11 is 0. The summed E-state index contributed by atoms with van der Waals surface area (Å²) in [6.07, 6.45) is -0.121. The summed E-state index contributed by atoms with van der Waals surface area (Å²) in [4.78, 5) is 69.1. The number of amides is 4. The van der Waals surface area contributed by atoms with Crippen molar-refractivity contribution in [2.75, 3.05) is 13.1 Å². The molecule has 13 nitrogen and oxygen atoms in total. The number of carboxylic acids is 1. The average molecular weight is 502 g/mol. The smallest absolute Gasteiger partial charge is 0.305 e. The Morgan fingerprint density at radius 1 is 1.08 bits per heavy atom. The number of aliphatic imine (C=N–C) groups is 1. The first-order valence-corrected chi connectivity index (χ1v) is 11.6. The second-order valence-electron chi connectivity index (χ2n) is 9.01. The maximum absolute atomic E-state index is 13.3. The van der Waals surface area contributed by atoms with Gasteiger partial charge in [0.2, 0.25) is 17.7 Å². The summed E-state index contributed by atoms with van der Waals surface area (Å²) in [7, 11) is 0. The lowest BCUT2D eigenvalue weighted by atomic mass is 9.80. The summed E-state index contributed by atoms with van der Waals surface area (Å²) in [6, 6.07) is 5.54. The van der Waals surface area contributed by atoms with E-state index in [1.165, 1.54) is 11.8 Å². The molecule has 3 fully saturated rings. The second kappa shape index (κ2) is 11.1. The van der Waals surface area contributed by atoms with Crippen LogP contribution >= 0.6 is 0 Å². The van der Waals surface area contributed by atoms with E-state index in [4.69, 9.17) is 11.5 Å². The Morgan fingerprint density at radius 3 is 2.36 bits per heavy atom. The molecule has 1 aromatic carbocycles. The monoisotopic (exact) mass is 501 g/mol. The lowest BCUT2D eigenvalue weighted by Crippen LogP contribution is -2.79. The first-order valence-electron chi connectivity index (χ1n) is 11.6. The lowest BCUT2D eigenvalue weighted by Gasteiger charge is -2.51. The number of hydrogen-bond acceptors (Lipinski definition) is 6. The molecule has 3 saturated heterocycles. The van der Waals surface area contributed by atoms with Gasteiger partial charge in [-0.3, -0.25) is 29.0 Å². The predicted octanol–water partition coefficient (Wildman–Crippen LogP) is -2.17. The molecule has 2 bridgehead atoms. The van der Waals surface area contributed by atoms with Crippen LogP contribution in [0.25, 0.3) is 0 Å². The van der Waals surface area contributed by atoms with Crippen LogP contribution in [0, 0.1) is 0 Å². The van der Waals surface area contributed by atoms with E-state index in [0.717, 1.165) is 5.56 Å². The number of fused-ring (bicyclic) bond motifs is 8. The van der Waals surface area contributed by atoms with E-state index >= 15 is 0 Å². The minimum Gasteiger partial charge on any atom is -0.481 e. The number of nitrogens with one attached hydrogen (secondary N) is 3. The first-order chi connectivity index (χ1) is 17.0. The average Bonchev–Trinajstić information content (AvgIpc) is 2.82. The molecule has 0 spiro atoms. The predicted molar refractivity (Wildman–Crippen MR) is 128 cm³/mol. The van der Waals surface area contributed by atoms with Gasteiger partial charge in [-0.15, -0.1) is 0 Å². The van der Waals surface area contributed by atoms with Crippen molar-refractivity contribution in [1.29, 1.82) is 0 Å². The summed E-state index contributed by atoms with van der Waals surface area (Å²) in [5, 5.41) is 17.1. The van der Waals surface area contributed by atoms with E-state index in [1.54, 1.807) is 24.3 Å². The minimum atomic E-state index is -1.46. The first kappa shape index (κ1) is 26.4. The zero-order chi connectivity index (χ0) is 26.5. The molecular weight excluding hydrogens is 470 g/mol. The number of nitrogens with two attached hydrogens (primary N) is 2. The Morgan fingerprint density at radius 2 is 1.75 bits per heavy atom. The van der Waals surface area contributed by atoms with Gasteiger partial charge in [0, 0.05) is 13.0 Å². The number of nitrogens with zero attached hydrogens (tertiary/aromatic N) is 2. The highest BCUT2D eigenvalue weighted by Gasteiger charge is 2.56. The standard InChI is InChI=1S/C23H31N7O6/c1-13-18(33)27-15(8-5-9-26-22(24)25)19(34)28-16(10-17(31)32)20(35)29-23(12-30(13)21(23)36)11-14-6-3-2-4-7-14/h2-4,6-7,13,15-16H,5,8-12H2,1H3,(H,27,33)(H,28,34)(H,29,35)(H,31,32)(H4,24,25,26)/t13-,15-,16-,23-/m0/s1. The Hall–Kier alpha value is -4.16. The summed E-state index contributed by atoms with van der Waals surface area (Å²) < 4.78 is 0. The zero-order valence-electron chi connectivity index (χ0n) is 19.9. The molecule has 8 N–H and O–H groups in total. The van der Waals surface area contributed by atoms with Crippen LogP contribution in [-0.4, -0.2) is 82.3 Å². The molecule has 0 radical (unpaired) electrons. The van der Waals surface area contributed by atoms with Gasteiger partial charge in [0.25, 0.3) is 5.91 Å². The lowest BCUT2D eigenvalue weighted by molar-refractivity contribution is -0.163. The Kier molecular flexibility index (Phi) is 8.12. The van der Waals surface area contributed by atoms with Gasteiger partial charge in [-0.2, -0.15) is 0 Å². The van der Waals surface area contributed by atoms with Crippen LogP contribution in [0.4, 0.5) is 0 Å². The van der Waals surface area contributed by atoms with Gasteiger partial charge in [0.05, 0.1) is 13.0 Å². The van der Waals surface area contributed by atoms with E-state index in [2.05, 4.69) is 20.9 Å². The summed E-state index contributed by atoms with van der Waals surface area (Å²) in [6.45, 7) is 1.78. The third-order valence-electron chi connectivity index (χ3n) is 6.26. The van der Waals surface area contributed by atoms with E-state index in [1.807, 2.05) is 6.07 Å². The third-order valence-corrected chi connectivity index (χ3v) is 6.26. The van der Waals surface area contributed by atoms with Gasteiger partial charge in [0.1, 0.15) is 23.7 Å². The molecule has 194 valence electrons. The van der Waals surface area contributed by atoms with Gasteiger partial charge in [-0.1, -0.05) is 30.3 Å². The van der Waals surface area contributed by atoms with Crippen molar-refractivity contribution in [3.63, 3.8) is 0 Å². The molecule has 4 rings (SSSR count). The van der Waals surface area contributed by atoms with Crippen molar-refractivity contribution in [2.24, 2.45) is 16.5 Å². The number of carbonyl (C=O) groups excluding carboxylic acids is 4. The minimum absolute atomic E-state index is 0.0456. The van der Waals surface area contributed by atoms with Gasteiger partial charge < -0.3 is 37.4 Å². The van der Waals surface area contributed by atoms with Crippen molar-refractivity contribution < 1.29 is 29.1 Å². The maximum Gasteiger partial charge on any atom is 0.305 e. The normalized spacial score (nSPS) is 26.4. The topological polar surface area (TPSA) is 209 Å². The highest BCUT2D eigenvalue weighted by Crippen LogP contribution is 2.30. The third kappa shape index (κ3) is 6.09. The largest absolute Gasteiger partial charge is 0.481 e. The molecule has 0 aromatic heterocycles.